The fourth-order valence-corrected chi connectivity index (χ4v) is 4.63. The van der Waals surface area contributed by atoms with Gasteiger partial charge in [-0.05, 0) is 6.42 Å². The van der Waals surface area contributed by atoms with Gasteiger partial charge in [0.1, 0.15) is 5.00 Å². The summed E-state index contributed by atoms with van der Waals surface area (Å²) in [7, 11) is -1.48. The second kappa shape index (κ2) is 5.61. The Bertz CT molecular complexity index is 622. The first kappa shape index (κ1) is 15.1. The van der Waals surface area contributed by atoms with Gasteiger partial charge in [0.2, 0.25) is 0 Å². The minimum atomic E-state index is -2.98. The maximum absolute atomic E-state index is 11.6. The number of hydrogen-bond acceptors (Lipinski definition) is 7. The molecule has 0 saturated carbocycles. The number of sulfone groups is 1. The normalized spacial score (nSPS) is 18.6. The summed E-state index contributed by atoms with van der Waals surface area (Å²) in [5.74, 6) is 0.675. The zero-order chi connectivity index (χ0) is 14.9. The van der Waals surface area contributed by atoms with Gasteiger partial charge in [0.15, 0.2) is 21.4 Å². The summed E-state index contributed by atoms with van der Waals surface area (Å²) in [6.07, 6.45) is 0.568. The van der Waals surface area contributed by atoms with Gasteiger partial charge in [0.05, 0.1) is 29.2 Å². The lowest BCUT2D eigenvalue weighted by Crippen LogP contribution is -2.26. The van der Waals surface area contributed by atoms with E-state index in [1.54, 1.807) is 0 Å². The second-order valence-electron chi connectivity index (χ2n) is 4.73. The SMILES string of the molecule is COc1c(N2CCCS(=O)(=O)CC2)sc(C(C)=O)c1N. The van der Waals surface area contributed by atoms with Crippen molar-refractivity contribution in [3.05, 3.63) is 4.88 Å². The number of ketones is 1. The summed E-state index contributed by atoms with van der Waals surface area (Å²) in [6, 6.07) is 0. The summed E-state index contributed by atoms with van der Waals surface area (Å²) < 4.78 is 28.6. The van der Waals surface area contributed by atoms with Crippen LogP contribution >= 0.6 is 11.3 Å². The number of nitrogen functional groups attached to an aromatic ring is 1. The number of rotatable bonds is 3. The average Bonchev–Trinajstić information content (AvgIpc) is 2.59. The van der Waals surface area contributed by atoms with Crippen molar-refractivity contribution in [3.8, 4) is 5.75 Å². The van der Waals surface area contributed by atoms with Gasteiger partial charge in [0.25, 0.3) is 0 Å². The fourth-order valence-electron chi connectivity index (χ4n) is 2.22. The third-order valence-electron chi connectivity index (χ3n) is 3.25. The molecule has 0 bridgehead atoms. The number of carbonyl (C=O) groups excluding carboxylic acids is 1. The number of methoxy groups -OCH3 is 1. The van der Waals surface area contributed by atoms with Crippen LogP contribution in [0.2, 0.25) is 0 Å². The van der Waals surface area contributed by atoms with Crippen molar-refractivity contribution in [2.24, 2.45) is 0 Å². The monoisotopic (exact) mass is 318 g/mol. The van der Waals surface area contributed by atoms with Crippen LogP contribution in [0.25, 0.3) is 0 Å². The lowest BCUT2D eigenvalue weighted by molar-refractivity contribution is 0.102. The maximum atomic E-state index is 11.6. The third kappa shape index (κ3) is 2.90. The van der Waals surface area contributed by atoms with Crippen molar-refractivity contribution in [3.63, 3.8) is 0 Å². The number of thiophene rings is 1. The molecular weight excluding hydrogens is 300 g/mol. The first-order chi connectivity index (χ1) is 9.35. The summed E-state index contributed by atoms with van der Waals surface area (Å²) in [6.45, 7) is 2.47. The van der Waals surface area contributed by atoms with Crippen molar-refractivity contribution in [2.75, 3.05) is 42.3 Å². The van der Waals surface area contributed by atoms with Gasteiger partial charge in [-0.1, -0.05) is 0 Å². The highest BCUT2D eigenvalue weighted by Crippen LogP contribution is 2.45. The van der Waals surface area contributed by atoms with Crippen molar-refractivity contribution < 1.29 is 17.9 Å². The van der Waals surface area contributed by atoms with Gasteiger partial charge in [-0.3, -0.25) is 4.79 Å². The number of nitrogens with zero attached hydrogens (tertiary/aromatic N) is 1. The molecule has 0 amide bonds. The molecule has 112 valence electrons. The first-order valence-corrected chi connectivity index (χ1v) is 8.92. The van der Waals surface area contributed by atoms with E-state index < -0.39 is 9.84 Å². The fraction of sp³-hybridized carbons (Fsp3) is 0.583. The summed E-state index contributed by atoms with van der Waals surface area (Å²) in [5, 5.41) is 0.743. The Labute approximate surface area is 122 Å². The van der Waals surface area contributed by atoms with Gasteiger partial charge in [0, 0.05) is 20.0 Å². The van der Waals surface area contributed by atoms with Crippen LogP contribution in [-0.2, 0) is 9.84 Å². The molecule has 0 atom stereocenters. The van der Waals surface area contributed by atoms with Gasteiger partial charge in [-0.15, -0.1) is 11.3 Å². The molecule has 1 aromatic heterocycles. The molecule has 0 radical (unpaired) electrons. The number of nitrogens with two attached hydrogens (primary N) is 1. The van der Waals surface area contributed by atoms with E-state index in [0.29, 0.717) is 35.8 Å². The Morgan fingerprint density at radius 2 is 2.05 bits per heavy atom. The molecule has 1 saturated heterocycles. The summed E-state index contributed by atoms with van der Waals surface area (Å²) >= 11 is 1.27. The van der Waals surface area contributed by atoms with E-state index in [1.807, 2.05) is 4.90 Å². The highest BCUT2D eigenvalue weighted by atomic mass is 32.2. The molecule has 0 unspecified atom stereocenters. The van der Waals surface area contributed by atoms with Crippen molar-refractivity contribution in [2.45, 2.75) is 13.3 Å². The van der Waals surface area contributed by atoms with Gasteiger partial charge in [-0.25, -0.2) is 8.42 Å². The molecule has 1 fully saturated rings. The zero-order valence-electron chi connectivity index (χ0n) is 11.5. The average molecular weight is 318 g/mol. The third-order valence-corrected chi connectivity index (χ3v) is 6.31. The van der Waals surface area contributed by atoms with E-state index in [9.17, 15) is 13.2 Å². The highest BCUT2D eigenvalue weighted by molar-refractivity contribution is 7.91. The summed E-state index contributed by atoms with van der Waals surface area (Å²) in [4.78, 5) is 14.0. The van der Waals surface area contributed by atoms with Gasteiger partial charge in [-0.2, -0.15) is 0 Å². The number of ether oxygens (including phenoxy) is 1. The number of carbonyl (C=O) groups is 1. The van der Waals surface area contributed by atoms with Crippen LogP contribution < -0.4 is 15.4 Å². The number of hydrogen-bond donors (Lipinski definition) is 1. The molecule has 1 aliphatic rings. The Morgan fingerprint density at radius 1 is 1.35 bits per heavy atom. The van der Waals surface area contributed by atoms with Crippen LogP contribution in [0.5, 0.6) is 5.75 Å². The van der Waals surface area contributed by atoms with E-state index in [2.05, 4.69) is 0 Å². The van der Waals surface area contributed by atoms with E-state index >= 15 is 0 Å². The molecule has 2 rings (SSSR count). The predicted octanol–water partition coefficient (Wildman–Crippen LogP) is 1.17. The quantitative estimate of drug-likeness (QED) is 0.841. The largest absolute Gasteiger partial charge is 0.492 e. The Kier molecular flexibility index (Phi) is 4.24. The molecule has 6 nitrogen and oxygen atoms in total. The maximum Gasteiger partial charge on any atom is 0.177 e. The molecule has 0 aromatic carbocycles. The Balaban J connectivity index is 2.37. The molecule has 0 aliphatic carbocycles. The number of Topliss-reactive ketones (excluding diaryl/α,β-unsaturated/α-hetero) is 1. The van der Waals surface area contributed by atoms with Crippen LogP contribution in [0, 0.1) is 0 Å². The van der Waals surface area contributed by atoms with Crippen LogP contribution in [0.4, 0.5) is 10.7 Å². The van der Waals surface area contributed by atoms with Crippen LogP contribution in [-0.4, -0.2) is 45.9 Å². The molecule has 20 heavy (non-hydrogen) atoms. The molecule has 1 aromatic rings. The van der Waals surface area contributed by atoms with Crippen molar-refractivity contribution >= 4 is 37.6 Å². The van der Waals surface area contributed by atoms with Crippen molar-refractivity contribution in [1.29, 1.82) is 0 Å². The van der Waals surface area contributed by atoms with Crippen LogP contribution in [0.1, 0.15) is 23.0 Å². The topological polar surface area (TPSA) is 89.7 Å². The number of anilines is 2. The van der Waals surface area contributed by atoms with Gasteiger partial charge < -0.3 is 15.4 Å². The van der Waals surface area contributed by atoms with Gasteiger partial charge >= 0.3 is 0 Å². The molecule has 2 heterocycles. The van der Waals surface area contributed by atoms with Crippen LogP contribution in [0.15, 0.2) is 0 Å². The minimum absolute atomic E-state index is 0.112. The molecular formula is C12H18N2O4S2. The van der Waals surface area contributed by atoms with E-state index in [0.717, 1.165) is 5.00 Å². The lowest BCUT2D eigenvalue weighted by Gasteiger charge is -2.21. The minimum Gasteiger partial charge on any atom is -0.492 e. The molecule has 2 N–H and O–H groups in total. The lowest BCUT2D eigenvalue weighted by atomic mass is 10.3. The summed E-state index contributed by atoms with van der Waals surface area (Å²) in [5.41, 5.74) is 6.27. The molecule has 1 aliphatic heterocycles. The zero-order valence-corrected chi connectivity index (χ0v) is 13.1. The molecule has 0 spiro atoms. The predicted molar refractivity (Wildman–Crippen MR) is 80.8 cm³/mol. The van der Waals surface area contributed by atoms with E-state index in [-0.39, 0.29) is 17.3 Å². The second-order valence-corrected chi connectivity index (χ2v) is 8.03. The Hall–Kier alpha value is -1.28. The van der Waals surface area contributed by atoms with Crippen LogP contribution in [0.3, 0.4) is 0 Å². The van der Waals surface area contributed by atoms with Crippen molar-refractivity contribution in [1.82, 2.24) is 0 Å². The smallest absolute Gasteiger partial charge is 0.177 e. The molecule has 8 heteroatoms. The van der Waals surface area contributed by atoms with E-state index in [1.165, 1.54) is 25.4 Å². The Morgan fingerprint density at radius 3 is 2.65 bits per heavy atom. The first-order valence-electron chi connectivity index (χ1n) is 6.28. The highest BCUT2D eigenvalue weighted by Gasteiger charge is 2.26. The standard InChI is InChI=1S/C12H18N2O4S2/c1-8(15)11-9(13)10(18-2)12(19-11)14-4-3-6-20(16,17)7-5-14/h3-7,13H2,1-2H3. The van der Waals surface area contributed by atoms with E-state index in [4.69, 9.17) is 10.5 Å².